The molecule has 0 aliphatic carbocycles. The minimum Gasteiger partial charge on any atom is -0.495 e. The SMILES string of the molecule is COc1ccc(-c2ccc(CO)o2)cc1NC(=O)c1cc(OC)c(OC)c(OC)c1. The van der Waals surface area contributed by atoms with E-state index >= 15 is 0 Å². The molecule has 0 saturated carbocycles. The summed E-state index contributed by atoms with van der Waals surface area (Å²) in [5, 5.41) is 12.0. The topological polar surface area (TPSA) is 99.4 Å². The van der Waals surface area contributed by atoms with Gasteiger partial charge >= 0.3 is 0 Å². The average Bonchev–Trinajstić information content (AvgIpc) is 3.27. The molecule has 2 aromatic carbocycles. The van der Waals surface area contributed by atoms with E-state index in [4.69, 9.17) is 23.4 Å². The van der Waals surface area contributed by atoms with Crippen LogP contribution in [0, 0.1) is 0 Å². The second-order valence-corrected chi connectivity index (χ2v) is 6.21. The van der Waals surface area contributed by atoms with Crippen molar-refractivity contribution >= 4 is 11.6 Å². The number of nitrogens with one attached hydrogen (secondary N) is 1. The lowest BCUT2D eigenvalue weighted by molar-refractivity contribution is 0.102. The summed E-state index contributed by atoms with van der Waals surface area (Å²) in [6, 6.07) is 11.8. The third-order valence-corrected chi connectivity index (χ3v) is 4.48. The Morgan fingerprint density at radius 3 is 2.10 bits per heavy atom. The number of hydrogen-bond acceptors (Lipinski definition) is 7. The maximum Gasteiger partial charge on any atom is 0.256 e. The molecule has 0 bridgehead atoms. The van der Waals surface area contributed by atoms with Crippen molar-refractivity contribution in [1.29, 1.82) is 0 Å². The molecule has 8 nitrogen and oxygen atoms in total. The maximum absolute atomic E-state index is 12.9. The van der Waals surface area contributed by atoms with Gasteiger partial charge in [-0.3, -0.25) is 4.79 Å². The molecule has 158 valence electrons. The number of carbonyl (C=O) groups is 1. The van der Waals surface area contributed by atoms with Gasteiger partial charge < -0.3 is 33.8 Å². The Balaban J connectivity index is 1.95. The molecule has 0 saturated heterocycles. The van der Waals surface area contributed by atoms with Gasteiger partial charge in [0.25, 0.3) is 5.91 Å². The van der Waals surface area contributed by atoms with Gasteiger partial charge in [0, 0.05) is 11.1 Å². The van der Waals surface area contributed by atoms with Crippen LogP contribution < -0.4 is 24.3 Å². The molecule has 3 rings (SSSR count). The summed E-state index contributed by atoms with van der Waals surface area (Å²) in [5.74, 6) is 2.24. The number of benzene rings is 2. The predicted octanol–water partition coefficient (Wildman–Crippen LogP) is 3.73. The molecule has 0 spiro atoms. The van der Waals surface area contributed by atoms with Crippen LogP contribution in [0.2, 0.25) is 0 Å². The Hall–Kier alpha value is -3.65. The molecule has 1 heterocycles. The van der Waals surface area contributed by atoms with Gasteiger partial charge in [0.1, 0.15) is 23.9 Å². The fourth-order valence-corrected chi connectivity index (χ4v) is 2.98. The van der Waals surface area contributed by atoms with Crippen LogP contribution in [0.4, 0.5) is 5.69 Å². The number of rotatable bonds is 8. The number of amides is 1. The standard InChI is InChI=1S/C22H23NO7/c1-26-18-7-5-13(17-8-6-15(12-24)30-17)9-16(18)23-22(25)14-10-19(27-2)21(29-4)20(11-14)28-3/h5-11,24H,12H2,1-4H3,(H,23,25). The fourth-order valence-electron chi connectivity index (χ4n) is 2.98. The highest BCUT2D eigenvalue weighted by molar-refractivity contribution is 6.06. The molecule has 1 amide bonds. The van der Waals surface area contributed by atoms with Crippen molar-refractivity contribution in [1.82, 2.24) is 0 Å². The minimum absolute atomic E-state index is 0.194. The minimum atomic E-state index is -0.389. The van der Waals surface area contributed by atoms with Crippen molar-refractivity contribution < 1.29 is 33.3 Å². The van der Waals surface area contributed by atoms with E-state index in [1.807, 2.05) is 0 Å². The van der Waals surface area contributed by atoms with Gasteiger partial charge in [-0.2, -0.15) is 0 Å². The van der Waals surface area contributed by atoms with Gasteiger partial charge in [-0.15, -0.1) is 0 Å². The molecule has 1 aromatic heterocycles. The highest BCUT2D eigenvalue weighted by atomic mass is 16.5. The number of aliphatic hydroxyl groups is 1. The summed E-state index contributed by atoms with van der Waals surface area (Å²) >= 11 is 0. The Morgan fingerprint density at radius 1 is 0.900 bits per heavy atom. The smallest absolute Gasteiger partial charge is 0.256 e. The van der Waals surface area contributed by atoms with Gasteiger partial charge in [0.15, 0.2) is 11.5 Å². The van der Waals surface area contributed by atoms with Crippen LogP contribution in [-0.4, -0.2) is 39.5 Å². The van der Waals surface area contributed by atoms with E-state index < -0.39 is 0 Å². The largest absolute Gasteiger partial charge is 0.495 e. The quantitative estimate of drug-likeness (QED) is 0.580. The first kappa shape index (κ1) is 21.1. The molecule has 0 fully saturated rings. The Kier molecular flexibility index (Phi) is 6.48. The van der Waals surface area contributed by atoms with Crippen LogP contribution in [0.15, 0.2) is 46.9 Å². The summed E-state index contributed by atoms with van der Waals surface area (Å²) in [4.78, 5) is 12.9. The van der Waals surface area contributed by atoms with Crippen LogP contribution in [0.3, 0.4) is 0 Å². The highest BCUT2D eigenvalue weighted by Gasteiger charge is 2.18. The molecule has 3 aromatic rings. The summed E-state index contributed by atoms with van der Waals surface area (Å²) in [6.45, 7) is -0.194. The summed E-state index contributed by atoms with van der Waals surface area (Å²) in [5.41, 5.74) is 1.49. The van der Waals surface area contributed by atoms with Crippen LogP contribution in [0.1, 0.15) is 16.1 Å². The Bertz CT molecular complexity index is 1020. The van der Waals surface area contributed by atoms with Crippen molar-refractivity contribution in [3.8, 4) is 34.3 Å². The van der Waals surface area contributed by atoms with E-state index in [1.165, 1.54) is 28.4 Å². The molecule has 0 unspecified atom stereocenters. The number of ether oxygens (including phenoxy) is 4. The second-order valence-electron chi connectivity index (χ2n) is 6.21. The first-order chi connectivity index (χ1) is 14.5. The summed E-state index contributed by atoms with van der Waals surface area (Å²) in [7, 11) is 5.97. The van der Waals surface area contributed by atoms with Crippen molar-refractivity contribution in [2.24, 2.45) is 0 Å². The van der Waals surface area contributed by atoms with Crippen molar-refractivity contribution in [3.05, 3.63) is 53.8 Å². The number of methoxy groups -OCH3 is 4. The van der Waals surface area contributed by atoms with Gasteiger partial charge in [0.05, 0.1) is 34.1 Å². The van der Waals surface area contributed by atoms with Crippen LogP contribution in [-0.2, 0) is 6.61 Å². The molecular weight excluding hydrogens is 390 g/mol. The van der Waals surface area contributed by atoms with E-state index in [0.717, 1.165) is 5.56 Å². The third kappa shape index (κ3) is 4.18. The zero-order valence-corrected chi connectivity index (χ0v) is 17.1. The monoisotopic (exact) mass is 413 g/mol. The number of carbonyl (C=O) groups excluding carboxylic acids is 1. The molecule has 0 atom stereocenters. The van der Waals surface area contributed by atoms with Gasteiger partial charge in [-0.05, 0) is 42.5 Å². The summed E-state index contributed by atoms with van der Waals surface area (Å²) < 4.78 is 26.9. The van der Waals surface area contributed by atoms with Crippen LogP contribution in [0.5, 0.6) is 23.0 Å². The highest BCUT2D eigenvalue weighted by Crippen LogP contribution is 2.39. The number of hydrogen-bond donors (Lipinski definition) is 2. The average molecular weight is 413 g/mol. The molecule has 30 heavy (non-hydrogen) atoms. The van der Waals surface area contributed by atoms with E-state index in [9.17, 15) is 9.90 Å². The Labute approximate surface area is 173 Å². The van der Waals surface area contributed by atoms with Gasteiger partial charge in [-0.1, -0.05) is 0 Å². The van der Waals surface area contributed by atoms with Crippen molar-refractivity contribution in [2.45, 2.75) is 6.61 Å². The van der Waals surface area contributed by atoms with Crippen LogP contribution >= 0.6 is 0 Å². The van der Waals surface area contributed by atoms with Gasteiger partial charge in [0.2, 0.25) is 5.75 Å². The second kappa shape index (κ2) is 9.23. The molecule has 2 N–H and O–H groups in total. The maximum atomic E-state index is 12.9. The molecule has 0 aliphatic heterocycles. The predicted molar refractivity (Wildman–Crippen MR) is 111 cm³/mol. The first-order valence-electron chi connectivity index (χ1n) is 9.04. The third-order valence-electron chi connectivity index (χ3n) is 4.48. The summed E-state index contributed by atoms with van der Waals surface area (Å²) in [6.07, 6.45) is 0. The lowest BCUT2D eigenvalue weighted by Crippen LogP contribution is -2.13. The van der Waals surface area contributed by atoms with Crippen molar-refractivity contribution in [2.75, 3.05) is 33.8 Å². The fraction of sp³-hybridized carbons (Fsp3) is 0.227. The molecule has 8 heteroatoms. The van der Waals surface area contributed by atoms with E-state index in [-0.39, 0.29) is 12.5 Å². The Morgan fingerprint density at radius 2 is 1.57 bits per heavy atom. The molecular formula is C22H23NO7. The zero-order chi connectivity index (χ0) is 21.7. The first-order valence-corrected chi connectivity index (χ1v) is 9.04. The lowest BCUT2D eigenvalue weighted by Gasteiger charge is -2.15. The molecule has 0 aliphatic rings. The van der Waals surface area contributed by atoms with E-state index in [0.29, 0.717) is 45.8 Å². The van der Waals surface area contributed by atoms with E-state index in [1.54, 1.807) is 42.5 Å². The number of aliphatic hydroxyl groups excluding tert-OH is 1. The zero-order valence-electron chi connectivity index (χ0n) is 17.1. The normalized spacial score (nSPS) is 10.4. The van der Waals surface area contributed by atoms with E-state index in [2.05, 4.69) is 5.32 Å². The molecule has 0 radical (unpaired) electrons. The number of furan rings is 1. The van der Waals surface area contributed by atoms with Crippen molar-refractivity contribution in [3.63, 3.8) is 0 Å². The van der Waals surface area contributed by atoms with Gasteiger partial charge in [-0.25, -0.2) is 0 Å². The van der Waals surface area contributed by atoms with Crippen LogP contribution in [0.25, 0.3) is 11.3 Å². The number of anilines is 1. The lowest BCUT2D eigenvalue weighted by atomic mass is 10.1.